The lowest BCUT2D eigenvalue weighted by molar-refractivity contribution is -0.274. The standard InChI is InChI=1S/C17H16F3N3O3/c1-10(11-4-8-14(9-5-11)26-17(18,19)20)22-15(24)12-2-6-13(7-3-12)23-16(21)25/h2-10H,1H3,(H,22,24)(H3,21,23,25). The van der Waals surface area contributed by atoms with Crippen LogP contribution in [0.2, 0.25) is 0 Å². The number of nitrogens with one attached hydrogen (secondary N) is 2. The highest BCUT2D eigenvalue weighted by molar-refractivity contribution is 5.95. The molecule has 0 aromatic heterocycles. The molecule has 0 saturated carbocycles. The Kier molecular flexibility index (Phi) is 5.71. The van der Waals surface area contributed by atoms with Crippen LogP contribution in [0.5, 0.6) is 5.75 Å². The summed E-state index contributed by atoms with van der Waals surface area (Å²) >= 11 is 0. The van der Waals surface area contributed by atoms with Crippen LogP contribution in [0.25, 0.3) is 0 Å². The number of ether oxygens (including phenoxy) is 1. The molecule has 1 unspecified atom stereocenters. The molecule has 3 amide bonds. The molecule has 0 aliphatic carbocycles. The first-order chi connectivity index (χ1) is 12.1. The van der Waals surface area contributed by atoms with Crippen molar-refractivity contribution in [1.82, 2.24) is 5.32 Å². The molecule has 0 spiro atoms. The van der Waals surface area contributed by atoms with Gasteiger partial charge >= 0.3 is 12.4 Å². The van der Waals surface area contributed by atoms with Crippen LogP contribution in [0.3, 0.4) is 0 Å². The van der Waals surface area contributed by atoms with Gasteiger partial charge in [0.1, 0.15) is 5.75 Å². The number of urea groups is 1. The third kappa shape index (κ3) is 5.69. The van der Waals surface area contributed by atoms with Gasteiger partial charge in [-0.1, -0.05) is 12.1 Å². The lowest BCUT2D eigenvalue weighted by Gasteiger charge is -2.15. The number of hydrogen-bond acceptors (Lipinski definition) is 3. The Morgan fingerprint density at radius 2 is 1.62 bits per heavy atom. The molecule has 2 rings (SSSR count). The molecule has 0 heterocycles. The highest BCUT2D eigenvalue weighted by Crippen LogP contribution is 2.24. The van der Waals surface area contributed by atoms with Gasteiger partial charge in [0.25, 0.3) is 5.91 Å². The normalized spacial score (nSPS) is 12.2. The smallest absolute Gasteiger partial charge is 0.406 e. The summed E-state index contributed by atoms with van der Waals surface area (Å²) in [5.41, 5.74) is 6.40. The van der Waals surface area contributed by atoms with Crippen molar-refractivity contribution < 1.29 is 27.5 Å². The number of rotatable bonds is 5. The summed E-state index contributed by atoms with van der Waals surface area (Å²) < 4.78 is 40.2. The van der Waals surface area contributed by atoms with Crippen LogP contribution in [0, 0.1) is 0 Å². The van der Waals surface area contributed by atoms with E-state index in [-0.39, 0.29) is 11.7 Å². The summed E-state index contributed by atoms with van der Waals surface area (Å²) in [7, 11) is 0. The van der Waals surface area contributed by atoms with Gasteiger partial charge in [0.15, 0.2) is 0 Å². The summed E-state index contributed by atoms with van der Waals surface area (Å²) in [6.07, 6.45) is -4.75. The molecule has 9 heteroatoms. The third-order valence-electron chi connectivity index (χ3n) is 3.38. The number of nitrogens with two attached hydrogens (primary N) is 1. The minimum atomic E-state index is -4.75. The number of carbonyl (C=O) groups is 2. The molecular weight excluding hydrogens is 351 g/mol. The fraction of sp³-hybridized carbons (Fsp3) is 0.176. The molecule has 0 aliphatic heterocycles. The van der Waals surface area contributed by atoms with Crippen LogP contribution < -0.4 is 21.1 Å². The van der Waals surface area contributed by atoms with Crippen molar-refractivity contribution in [2.24, 2.45) is 5.73 Å². The fourth-order valence-electron chi connectivity index (χ4n) is 2.17. The molecule has 0 radical (unpaired) electrons. The lowest BCUT2D eigenvalue weighted by atomic mass is 10.1. The van der Waals surface area contributed by atoms with E-state index in [1.807, 2.05) is 0 Å². The monoisotopic (exact) mass is 367 g/mol. The number of primary amides is 1. The first kappa shape index (κ1) is 19.1. The van der Waals surface area contributed by atoms with Crippen LogP contribution in [-0.2, 0) is 0 Å². The Morgan fingerprint density at radius 3 is 2.12 bits per heavy atom. The maximum absolute atomic E-state index is 12.2. The predicted octanol–water partition coefficient (Wildman–Crippen LogP) is 3.57. The van der Waals surface area contributed by atoms with E-state index < -0.39 is 18.4 Å². The SMILES string of the molecule is CC(NC(=O)c1ccc(NC(N)=O)cc1)c1ccc(OC(F)(F)F)cc1. The zero-order valence-electron chi connectivity index (χ0n) is 13.6. The van der Waals surface area contributed by atoms with Gasteiger partial charge in [-0.05, 0) is 48.9 Å². The minimum Gasteiger partial charge on any atom is -0.406 e. The summed E-state index contributed by atoms with van der Waals surface area (Å²) in [6, 6.07) is 10.1. The Hall–Kier alpha value is -3.23. The summed E-state index contributed by atoms with van der Waals surface area (Å²) in [6.45, 7) is 1.69. The molecule has 138 valence electrons. The van der Waals surface area contributed by atoms with Crippen molar-refractivity contribution in [3.63, 3.8) is 0 Å². The Labute approximate surface area is 147 Å². The van der Waals surface area contributed by atoms with Gasteiger partial charge in [-0.2, -0.15) is 0 Å². The number of halogens is 3. The van der Waals surface area contributed by atoms with Crippen LogP contribution in [0.15, 0.2) is 48.5 Å². The topological polar surface area (TPSA) is 93.5 Å². The second-order valence-electron chi connectivity index (χ2n) is 5.38. The molecule has 6 nitrogen and oxygen atoms in total. The summed E-state index contributed by atoms with van der Waals surface area (Å²) in [5.74, 6) is -0.712. The second kappa shape index (κ2) is 7.77. The summed E-state index contributed by atoms with van der Waals surface area (Å²) in [4.78, 5) is 23.0. The largest absolute Gasteiger partial charge is 0.573 e. The maximum Gasteiger partial charge on any atom is 0.573 e. The number of hydrogen-bond donors (Lipinski definition) is 3. The molecule has 0 aliphatic rings. The van der Waals surface area contributed by atoms with Gasteiger partial charge in [-0.15, -0.1) is 13.2 Å². The number of anilines is 1. The van der Waals surface area contributed by atoms with Crippen LogP contribution in [0.4, 0.5) is 23.7 Å². The van der Waals surface area contributed by atoms with Crippen LogP contribution in [0.1, 0.15) is 28.9 Å². The molecular formula is C17H16F3N3O3. The first-order valence-corrected chi connectivity index (χ1v) is 7.47. The maximum atomic E-state index is 12.2. The third-order valence-corrected chi connectivity index (χ3v) is 3.38. The van der Waals surface area contributed by atoms with E-state index in [9.17, 15) is 22.8 Å². The van der Waals surface area contributed by atoms with Gasteiger partial charge in [0, 0.05) is 11.3 Å². The molecule has 26 heavy (non-hydrogen) atoms. The molecule has 2 aromatic rings. The van der Waals surface area contributed by atoms with Crippen molar-refractivity contribution in [3.05, 3.63) is 59.7 Å². The number of amides is 3. The zero-order chi connectivity index (χ0) is 19.3. The van der Waals surface area contributed by atoms with E-state index in [1.54, 1.807) is 6.92 Å². The Balaban J connectivity index is 1.99. The molecule has 0 fully saturated rings. The van der Waals surface area contributed by atoms with Gasteiger partial charge < -0.3 is 21.1 Å². The van der Waals surface area contributed by atoms with Crippen molar-refractivity contribution >= 4 is 17.6 Å². The van der Waals surface area contributed by atoms with Crippen molar-refractivity contribution in [1.29, 1.82) is 0 Å². The van der Waals surface area contributed by atoms with Crippen LogP contribution in [-0.4, -0.2) is 18.3 Å². The fourth-order valence-corrected chi connectivity index (χ4v) is 2.17. The lowest BCUT2D eigenvalue weighted by Crippen LogP contribution is -2.26. The highest BCUT2D eigenvalue weighted by atomic mass is 19.4. The highest BCUT2D eigenvalue weighted by Gasteiger charge is 2.31. The van der Waals surface area contributed by atoms with Crippen molar-refractivity contribution in [2.75, 3.05) is 5.32 Å². The van der Waals surface area contributed by atoms with Gasteiger partial charge in [-0.25, -0.2) is 4.79 Å². The second-order valence-corrected chi connectivity index (χ2v) is 5.38. The van der Waals surface area contributed by atoms with E-state index in [2.05, 4.69) is 15.4 Å². The van der Waals surface area contributed by atoms with E-state index >= 15 is 0 Å². The average molecular weight is 367 g/mol. The number of carbonyl (C=O) groups excluding carboxylic acids is 2. The Bertz CT molecular complexity index is 775. The van der Waals surface area contributed by atoms with E-state index in [0.29, 0.717) is 16.8 Å². The number of benzene rings is 2. The van der Waals surface area contributed by atoms with E-state index in [1.165, 1.54) is 48.5 Å². The average Bonchev–Trinajstić information content (AvgIpc) is 2.54. The minimum absolute atomic E-state index is 0.336. The van der Waals surface area contributed by atoms with Gasteiger partial charge in [0.05, 0.1) is 6.04 Å². The molecule has 2 aromatic carbocycles. The van der Waals surface area contributed by atoms with Gasteiger partial charge in [0.2, 0.25) is 0 Å². The van der Waals surface area contributed by atoms with Crippen molar-refractivity contribution in [2.45, 2.75) is 19.3 Å². The molecule has 1 atom stereocenters. The van der Waals surface area contributed by atoms with E-state index in [0.717, 1.165) is 0 Å². The molecule has 0 bridgehead atoms. The Morgan fingerprint density at radius 1 is 1.04 bits per heavy atom. The molecule has 4 N–H and O–H groups in total. The van der Waals surface area contributed by atoms with Crippen molar-refractivity contribution in [3.8, 4) is 5.75 Å². The van der Waals surface area contributed by atoms with Gasteiger partial charge in [-0.3, -0.25) is 4.79 Å². The zero-order valence-corrected chi connectivity index (χ0v) is 13.6. The predicted molar refractivity (Wildman–Crippen MR) is 88.7 cm³/mol. The van der Waals surface area contributed by atoms with Crippen LogP contribution >= 0.6 is 0 Å². The van der Waals surface area contributed by atoms with E-state index in [4.69, 9.17) is 5.73 Å². The summed E-state index contributed by atoms with van der Waals surface area (Å²) in [5, 5.41) is 5.10. The molecule has 0 saturated heterocycles. The first-order valence-electron chi connectivity index (χ1n) is 7.47. The quantitative estimate of drug-likeness (QED) is 0.754. The number of alkyl halides is 3.